The van der Waals surface area contributed by atoms with Crippen LogP contribution in [0.3, 0.4) is 0 Å². The molecule has 0 aliphatic rings. The first-order valence-electron chi connectivity index (χ1n) is 9.89. The smallest absolute Gasteiger partial charge is 0.193 e. The number of carbonyl (C=O) groups is 1. The van der Waals surface area contributed by atoms with Gasteiger partial charge in [-0.1, -0.05) is 116 Å². The maximum absolute atomic E-state index is 13.3. The van der Waals surface area contributed by atoms with Gasteiger partial charge < -0.3 is 0 Å². The Morgan fingerprint density at radius 3 is 1.97 bits per heavy atom. The molecule has 0 aliphatic carbocycles. The van der Waals surface area contributed by atoms with E-state index in [1.165, 1.54) is 0 Å². The first kappa shape index (κ1) is 19.4. The van der Waals surface area contributed by atoms with Gasteiger partial charge in [0.2, 0.25) is 0 Å². The largest absolute Gasteiger partial charge is 0.289 e. The lowest BCUT2D eigenvalue weighted by molar-refractivity contribution is 0.103. The standard InChI is InChI=1S/C29H22O/c1-3-21-12-14-24(15-13-21)27-10-5-6-11-28(27)29(30)25-18-16-23(17-19-25)26-9-7-8-22(4-2)20-26/h3-20H,1-2H2. The summed E-state index contributed by atoms with van der Waals surface area (Å²) in [7, 11) is 0. The van der Waals surface area contributed by atoms with Crippen molar-refractivity contribution in [2.24, 2.45) is 0 Å². The van der Waals surface area contributed by atoms with E-state index >= 15 is 0 Å². The fourth-order valence-electron chi connectivity index (χ4n) is 3.55. The summed E-state index contributed by atoms with van der Waals surface area (Å²) in [5.41, 5.74) is 7.63. The third kappa shape index (κ3) is 3.92. The van der Waals surface area contributed by atoms with Crippen LogP contribution in [-0.2, 0) is 0 Å². The minimum atomic E-state index is 0.0183. The van der Waals surface area contributed by atoms with Crippen LogP contribution in [0.1, 0.15) is 27.0 Å². The summed E-state index contributed by atoms with van der Waals surface area (Å²) in [6.07, 6.45) is 3.65. The van der Waals surface area contributed by atoms with E-state index in [4.69, 9.17) is 0 Å². The normalized spacial score (nSPS) is 10.4. The molecular weight excluding hydrogens is 364 g/mol. The molecule has 0 fully saturated rings. The molecule has 0 bridgehead atoms. The third-order valence-electron chi connectivity index (χ3n) is 5.23. The van der Waals surface area contributed by atoms with E-state index in [1.54, 1.807) is 0 Å². The highest BCUT2D eigenvalue weighted by Gasteiger charge is 2.14. The van der Waals surface area contributed by atoms with Gasteiger partial charge in [0.25, 0.3) is 0 Å². The Morgan fingerprint density at radius 2 is 1.27 bits per heavy atom. The monoisotopic (exact) mass is 386 g/mol. The van der Waals surface area contributed by atoms with Crippen molar-refractivity contribution in [2.45, 2.75) is 0 Å². The lowest BCUT2D eigenvalue weighted by Gasteiger charge is -2.10. The number of hydrogen-bond acceptors (Lipinski definition) is 1. The predicted octanol–water partition coefficient (Wildman–Crippen LogP) is 7.54. The lowest BCUT2D eigenvalue weighted by Crippen LogP contribution is -2.03. The van der Waals surface area contributed by atoms with E-state index in [0.717, 1.165) is 33.4 Å². The molecule has 0 unspecified atom stereocenters. The molecule has 0 aliphatic heterocycles. The van der Waals surface area contributed by atoms with E-state index in [2.05, 4.69) is 25.3 Å². The molecule has 144 valence electrons. The Hall–Kier alpha value is -3.97. The Kier molecular flexibility index (Phi) is 5.54. The lowest BCUT2D eigenvalue weighted by atomic mass is 9.92. The average Bonchev–Trinajstić information content (AvgIpc) is 2.84. The molecule has 1 heteroatoms. The van der Waals surface area contributed by atoms with Crippen LogP contribution in [0, 0.1) is 0 Å². The van der Waals surface area contributed by atoms with Gasteiger partial charge in [0.1, 0.15) is 0 Å². The molecule has 0 saturated heterocycles. The van der Waals surface area contributed by atoms with Crippen molar-refractivity contribution in [3.63, 3.8) is 0 Å². The van der Waals surface area contributed by atoms with Crippen LogP contribution in [0.2, 0.25) is 0 Å². The van der Waals surface area contributed by atoms with Crippen LogP contribution in [0.15, 0.2) is 110 Å². The summed E-state index contributed by atoms with van der Waals surface area (Å²) in [5, 5.41) is 0. The van der Waals surface area contributed by atoms with Gasteiger partial charge in [0, 0.05) is 11.1 Å². The number of carbonyl (C=O) groups excluding carboxylic acids is 1. The fraction of sp³-hybridized carbons (Fsp3) is 0. The van der Waals surface area contributed by atoms with Crippen LogP contribution < -0.4 is 0 Å². The Balaban J connectivity index is 1.66. The van der Waals surface area contributed by atoms with Crippen LogP contribution >= 0.6 is 0 Å². The maximum atomic E-state index is 13.3. The van der Waals surface area contributed by atoms with Crippen molar-refractivity contribution in [1.29, 1.82) is 0 Å². The second kappa shape index (κ2) is 8.59. The summed E-state index contributed by atoms with van der Waals surface area (Å²) in [6, 6.07) is 31.8. The zero-order chi connectivity index (χ0) is 20.9. The minimum absolute atomic E-state index is 0.0183. The fourth-order valence-corrected chi connectivity index (χ4v) is 3.55. The van der Waals surface area contributed by atoms with E-state index in [-0.39, 0.29) is 5.78 Å². The van der Waals surface area contributed by atoms with Crippen molar-refractivity contribution in [3.8, 4) is 22.3 Å². The van der Waals surface area contributed by atoms with E-state index in [9.17, 15) is 4.79 Å². The van der Waals surface area contributed by atoms with Crippen LogP contribution in [-0.4, -0.2) is 5.78 Å². The van der Waals surface area contributed by atoms with Gasteiger partial charge in [-0.05, 0) is 39.4 Å². The summed E-state index contributed by atoms with van der Waals surface area (Å²) in [4.78, 5) is 13.3. The number of hydrogen-bond donors (Lipinski definition) is 0. The highest BCUT2D eigenvalue weighted by Crippen LogP contribution is 2.27. The maximum Gasteiger partial charge on any atom is 0.193 e. The van der Waals surface area contributed by atoms with Gasteiger partial charge in [-0.15, -0.1) is 0 Å². The highest BCUT2D eigenvalue weighted by molar-refractivity contribution is 6.13. The zero-order valence-corrected chi connectivity index (χ0v) is 16.7. The number of ketones is 1. The third-order valence-corrected chi connectivity index (χ3v) is 5.23. The topological polar surface area (TPSA) is 17.1 Å². The molecule has 0 heterocycles. The SMILES string of the molecule is C=Cc1ccc(-c2ccccc2C(=O)c2ccc(-c3cccc(C=C)c3)cc2)cc1. The molecule has 30 heavy (non-hydrogen) atoms. The Morgan fingerprint density at radius 1 is 0.600 bits per heavy atom. The van der Waals surface area contributed by atoms with Crippen LogP contribution in [0.25, 0.3) is 34.4 Å². The molecule has 0 spiro atoms. The van der Waals surface area contributed by atoms with Gasteiger partial charge in [0.05, 0.1) is 0 Å². The summed E-state index contributed by atoms with van der Waals surface area (Å²) < 4.78 is 0. The van der Waals surface area contributed by atoms with Crippen LogP contribution in [0.4, 0.5) is 0 Å². The second-order valence-corrected chi connectivity index (χ2v) is 7.11. The molecule has 4 aromatic rings. The van der Waals surface area contributed by atoms with E-state index < -0.39 is 0 Å². The molecule has 0 N–H and O–H groups in total. The van der Waals surface area contributed by atoms with E-state index in [0.29, 0.717) is 11.1 Å². The first-order chi connectivity index (χ1) is 14.7. The van der Waals surface area contributed by atoms with Crippen molar-refractivity contribution >= 4 is 17.9 Å². The summed E-state index contributed by atoms with van der Waals surface area (Å²) in [6.45, 7) is 7.63. The Bertz CT molecular complexity index is 1210. The molecule has 0 atom stereocenters. The molecule has 0 saturated carbocycles. The molecule has 0 amide bonds. The van der Waals surface area contributed by atoms with Gasteiger partial charge in [-0.25, -0.2) is 0 Å². The van der Waals surface area contributed by atoms with Gasteiger partial charge in [-0.3, -0.25) is 4.79 Å². The molecule has 0 aromatic heterocycles. The number of benzene rings is 4. The molecule has 1 nitrogen and oxygen atoms in total. The van der Waals surface area contributed by atoms with Crippen molar-refractivity contribution in [3.05, 3.63) is 132 Å². The van der Waals surface area contributed by atoms with Gasteiger partial charge >= 0.3 is 0 Å². The number of rotatable bonds is 6. The van der Waals surface area contributed by atoms with Crippen molar-refractivity contribution in [2.75, 3.05) is 0 Å². The summed E-state index contributed by atoms with van der Waals surface area (Å²) in [5.74, 6) is 0.0183. The average molecular weight is 386 g/mol. The van der Waals surface area contributed by atoms with Gasteiger partial charge in [0.15, 0.2) is 5.78 Å². The van der Waals surface area contributed by atoms with E-state index in [1.807, 2.05) is 97.1 Å². The Labute approximate surface area is 177 Å². The zero-order valence-electron chi connectivity index (χ0n) is 16.7. The molecular formula is C29H22O. The highest BCUT2D eigenvalue weighted by atomic mass is 16.1. The molecule has 4 rings (SSSR count). The van der Waals surface area contributed by atoms with Gasteiger partial charge in [-0.2, -0.15) is 0 Å². The molecule has 0 radical (unpaired) electrons. The van der Waals surface area contributed by atoms with Crippen molar-refractivity contribution in [1.82, 2.24) is 0 Å². The van der Waals surface area contributed by atoms with Crippen molar-refractivity contribution < 1.29 is 4.79 Å². The minimum Gasteiger partial charge on any atom is -0.289 e. The van der Waals surface area contributed by atoms with Crippen LogP contribution in [0.5, 0.6) is 0 Å². The first-order valence-corrected chi connectivity index (χ1v) is 9.89. The molecule has 4 aromatic carbocycles. The quantitative estimate of drug-likeness (QED) is 0.313. The second-order valence-electron chi connectivity index (χ2n) is 7.11. The predicted molar refractivity (Wildman–Crippen MR) is 127 cm³/mol. The summed E-state index contributed by atoms with van der Waals surface area (Å²) >= 11 is 0.